The highest BCUT2D eigenvalue weighted by Gasteiger charge is 2.46. The number of hydrogen-bond donors (Lipinski definition) is 2. The maximum Gasteiger partial charge on any atom is 0.416 e. The fourth-order valence-corrected chi connectivity index (χ4v) is 6.02. The van der Waals surface area contributed by atoms with Crippen LogP contribution in [-0.2, 0) is 33.5 Å². The number of nitrogen functional groups attached to an aromatic ring is 1. The molecule has 40 heavy (non-hydrogen) atoms. The molecular weight excluding hydrogens is 549 g/mol. The first-order valence-electron chi connectivity index (χ1n) is 13.5. The Balaban J connectivity index is 1.29. The molecule has 0 bridgehead atoms. The number of benzene rings is 1. The molecule has 2 fully saturated rings. The van der Waals surface area contributed by atoms with Gasteiger partial charge in [0, 0.05) is 44.6 Å². The number of ether oxygens (including phenoxy) is 2. The van der Waals surface area contributed by atoms with Crippen molar-refractivity contribution >= 4 is 29.0 Å². The summed E-state index contributed by atoms with van der Waals surface area (Å²) in [5, 5.41) is 3.14. The van der Waals surface area contributed by atoms with Gasteiger partial charge in [-0.25, -0.2) is 9.97 Å². The van der Waals surface area contributed by atoms with Crippen LogP contribution < -0.4 is 11.1 Å². The quantitative estimate of drug-likeness (QED) is 0.365. The van der Waals surface area contributed by atoms with Crippen LogP contribution in [0.5, 0.6) is 0 Å². The predicted molar refractivity (Wildman–Crippen MR) is 144 cm³/mol. The number of carbonyl (C=O) groups is 1. The molecule has 1 aromatic heterocycles. The third-order valence-electron chi connectivity index (χ3n) is 8.13. The molecule has 3 aliphatic heterocycles. The number of anilines is 2. The van der Waals surface area contributed by atoms with Crippen molar-refractivity contribution in [3.8, 4) is 0 Å². The number of carbonyl (C=O) groups excluding carboxylic acids is 1. The van der Waals surface area contributed by atoms with Crippen LogP contribution in [0.1, 0.15) is 61.0 Å². The number of aromatic nitrogens is 2. The number of hydrogen-bond acceptors (Lipinski definition) is 8. The second-order valence-corrected chi connectivity index (χ2v) is 11.2. The summed E-state index contributed by atoms with van der Waals surface area (Å²) in [6.07, 6.45) is -0.993. The fraction of sp³-hybridized carbons (Fsp3) is 0.593. The maximum absolute atomic E-state index is 13.8. The third kappa shape index (κ3) is 6.00. The van der Waals surface area contributed by atoms with Gasteiger partial charge < -0.3 is 30.3 Å². The highest BCUT2D eigenvalue weighted by Crippen LogP contribution is 2.37. The van der Waals surface area contributed by atoms with Gasteiger partial charge >= 0.3 is 6.18 Å². The Morgan fingerprint density at radius 1 is 1.27 bits per heavy atom. The van der Waals surface area contributed by atoms with E-state index in [1.54, 1.807) is 18.9 Å². The van der Waals surface area contributed by atoms with Crippen molar-refractivity contribution in [3.05, 3.63) is 45.9 Å². The van der Waals surface area contributed by atoms with Gasteiger partial charge in [0.2, 0.25) is 5.28 Å². The Hall–Kier alpha value is -2.67. The average Bonchev–Trinajstić information content (AvgIpc) is 3.58. The van der Waals surface area contributed by atoms with Crippen LogP contribution in [0.4, 0.5) is 24.7 Å². The highest BCUT2D eigenvalue weighted by molar-refractivity contribution is 6.28. The van der Waals surface area contributed by atoms with E-state index in [1.165, 1.54) is 6.07 Å². The number of nitrogens with one attached hydrogen (secondary N) is 1. The molecule has 0 radical (unpaired) electrons. The van der Waals surface area contributed by atoms with Gasteiger partial charge in [0.15, 0.2) is 0 Å². The van der Waals surface area contributed by atoms with Crippen molar-refractivity contribution in [1.82, 2.24) is 19.8 Å². The molecule has 2 aromatic rings. The van der Waals surface area contributed by atoms with E-state index >= 15 is 0 Å². The van der Waals surface area contributed by atoms with E-state index in [0.717, 1.165) is 51.2 Å². The molecule has 0 spiro atoms. The van der Waals surface area contributed by atoms with E-state index in [0.29, 0.717) is 35.5 Å². The van der Waals surface area contributed by atoms with Crippen molar-refractivity contribution < 1.29 is 27.4 Å². The maximum atomic E-state index is 13.8. The number of rotatable bonds is 7. The van der Waals surface area contributed by atoms with Gasteiger partial charge in [-0.15, -0.1) is 0 Å². The summed E-state index contributed by atoms with van der Waals surface area (Å²) in [4.78, 5) is 26.5. The summed E-state index contributed by atoms with van der Waals surface area (Å²) < 4.78 is 51.7. The molecular formula is C27H34ClF3N6O3. The first-order valence-corrected chi connectivity index (χ1v) is 13.8. The molecule has 1 aromatic carbocycles. The summed E-state index contributed by atoms with van der Waals surface area (Å²) in [5.41, 5.74) is 5.60. The lowest BCUT2D eigenvalue weighted by atomic mass is 9.89. The van der Waals surface area contributed by atoms with E-state index < -0.39 is 23.4 Å². The molecule has 1 amide bonds. The van der Waals surface area contributed by atoms with Gasteiger partial charge in [-0.2, -0.15) is 13.2 Å². The third-order valence-corrected chi connectivity index (χ3v) is 8.30. The summed E-state index contributed by atoms with van der Waals surface area (Å²) in [7, 11) is 1.57. The van der Waals surface area contributed by atoms with Crippen LogP contribution in [0.25, 0.3) is 0 Å². The minimum atomic E-state index is -4.53. The normalized spacial score (nSPS) is 21.9. The van der Waals surface area contributed by atoms with E-state index in [4.69, 9.17) is 26.8 Å². The number of alkyl halides is 3. The largest absolute Gasteiger partial charge is 0.416 e. The zero-order valence-electron chi connectivity index (χ0n) is 22.6. The van der Waals surface area contributed by atoms with E-state index in [1.807, 2.05) is 0 Å². The van der Waals surface area contributed by atoms with Crippen LogP contribution in [0.15, 0.2) is 18.2 Å². The van der Waals surface area contributed by atoms with Gasteiger partial charge in [-0.1, -0.05) is 0 Å². The summed E-state index contributed by atoms with van der Waals surface area (Å²) in [6, 6.07) is 2.86. The van der Waals surface area contributed by atoms with Crippen LogP contribution in [0.3, 0.4) is 0 Å². The average molecular weight is 583 g/mol. The van der Waals surface area contributed by atoms with Gasteiger partial charge in [0.1, 0.15) is 11.4 Å². The Labute approximate surface area is 236 Å². The second-order valence-electron chi connectivity index (χ2n) is 10.8. The molecule has 0 saturated carbocycles. The number of methoxy groups -OCH3 is 1. The SMILES string of the molecule is COC1(C(=O)N2Cc3nc(Cl)nc(NC(C)c4cc(N)cc(C(F)(F)F)c4)c3C2)CCN(C[C@H]2CCCO2)CC1. The Morgan fingerprint density at radius 2 is 2.02 bits per heavy atom. The van der Waals surface area contributed by atoms with Crippen molar-refractivity contribution in [1.29, 1.82) is 0 Å². The molecule has 3 N–H and O–H groups in total. The second kappa shape index (κ2) is 11.3. The van der Waals surface area contributed by atoms with Gasteiger partial charge in [0.25, 0.3) is 5.91 Å². The number of amides is 1. The molecule has 1 unspecified atom stereocenters. The minimum Gasteiger partial charge on any atom is -0.399 e. The van der Waals surface area contributed by atoms with Gasteiger partial charge in [0.05, 0.1) is 36.5 Å². The fourth-order valence-electron chi connectivity index (χ4n) is 5.83. The first-order chi connectivity index (χ1) is 19.0. The first kappa shape index (κ1) is 28.8. The molecule has 218 valence electrons. The van der Waals surface area contributed by atoms with Gasteiger partial charge in [-0.3, -0.25) is 4.79 Å². The van der Waals surface area contributed by atoms with E-state index in [2.05, 4.69) is 20.2 Å². The Kier molecular flexibility index (Phi) is 8.15. The number of piperidine rings is 1. The van der Waals surface area contributed by atoms with Gasteiger partial charge in [-0.05, 0) is 68.0 Å². The number of nitrogens with two attached hydrogens (primary N) is 1. The van der Waals surface area contributed by atoms with E-state index in [-0.39, 0.29) is 36.1 Å². The number of fused-ring (bicyclic) bond motifs is 1. The lowest BCUT2D eigenvalue weighted by molar-refractivity contribution is -0.162. The highest BCUT2D eigenvalue weighted by atomic mass is 35.5. The topological polar surface area (TPSA) is 106 Å². The summed E-state index contributed by atoms with van der Waals surface area (Å²) in [6.45, 7) is 5.32. The van der Waals surface area contributed by atoms with Crippen molar-refractivity contribution in [3.63, 3.8) is 0 Å². The molecule has 0 aliphatic carbocycles. The molecule has 2 saturated heterocycles. The number of nitrogens with zero attached hydrogens (tertiary/aromatic N) is 4. The summed E-state index contributed by atoms with van der Waals surface area (Å²) in [5.74, 6) is 0.247. The molecule has 5 rings (SSSR count). The lowest BCUT2D eigenvalue weighted by Crippen LogP contribution is -2.55. The monoisotopic (exact) mass is 582 g/mol. The van der Waals surface area contributed by atoms with Crippen LogP contribution >= 0.6 is 11.6 Å². The summed E-state index contributed by atoms with van der Waals surface area (Å²) >= 11 is 6.21. The van der Waals surface area contributed by atoms with Crippen LogP contribution in [-0.4, -0.2) is 70.7 Å². The smallest absolute Gasteiger partial charge is 0.399 e. The molecule has 9 nitrogen and oxygen atoms in total. The zero-order chi connectivity index (χ0) is 28.7. The van der Waals surface area contributed by atoms with Crippen molar-refractivity contribution in [2.75, 3.05) is 44.4 Å². The Morgan fingerprint density at radius 3 is 2.67 bits per heavy atom. The van der Waals surface area contributed by atoms with Crippen LogP contribution in [0, 0.1) is 0 Å². The van der Waals surface area contributed by atoms with Crippen LogP contribution in [0.2, 0.25) is 5.28 Å². The molecule has 4 heterocycles. The van der Waals surface area contributed by atoms with Crippen molar-refractivity contribution in [2.24, 2.45) is 0 Å². The van der Waals surface area contributed by atoms with E-state index in [9.17, 15) is 18.0 Å². The number of likely N-dealkylation sites (tertiary alicyclic amines) is 1. The standard InChI is InChI=1S/C27H34ClF3N6O3/c1-16(17-10-18(27(29,30)31)12-19(32)11-17)33-23-21-14-37(15-22(21)34-25(28)35-23)24(38)26(39-2)5-7-36(8-6-26)13-20-4-3-9-40-20/h10-12,16,20H,3-9,13-15,32H2,1-2H3,(H,33,34,35)/t16?,20-/m1/s1. The number of halogens is 4. The molecule has 13 heteroatoms. The molecule has 3 aliphatic rings. The lowest BCUT2D eigenvalue weighted by Gasteiger charge is -2.41. The molecule has 2 atom stereocenters. The van der Waals surface area contributed by atoms with Crippen molar-refractivity contribution in [2.45, 2.75) is 69.6 Å². The minimum absolute atomic E-state index is 0.00729. The predicted octanol–water partition coefficient (Wildman–Crippen LogP) is 4.41. The Bertz CT molecular complexity index is 1250. The zero-order valence-corrected chi connectivity index (χ0v) is 23.3.